The van der Waals surface area contributed by atoms with Gasteiger partial charge in [-0.1, -0.05) is 24.3 Å². The molecule has 150 valence electrons. The Morgan fingerprint density at radius 2 is 1.68 bits per heavy atom. The highest BCUT2D eigenvalue weighted by molar-refractivity contribution is 7.89. The van der Waals surface area contributed by atoms with Crippen LogP contribution in [0.25, 0.3) is 0 Å². The van der Waals surface area contributed by atoms with Gasteiger partial charge in [-0.15, -0.1) is 0 Å². The van der Waals surface area contributed by atoms with Gasteiger partial charge in [0.05, 0.1) is 11.3 Å². The van der Waals surface area contributed by atoms with Gasteiger partial charge in [0.25, 0.3) is 5.91 Å². The molecule has 2 aromatic carbocycles. The lowest BCUT2D eigenvalue weighted by Crippen LogP contribution is -2.28. The van der Waals surface area contributed by atoms with Crippen molar-refractivity contribution in [1.29, 1.82) is 0 Å². The fourth-order valence-corrected chi connectivity index (χ4v) is 3.49. The second-order valence-electron chi connectivity index (χ2n) is 6.42. The number of rotatable bonds is 8. The molecule has 0 radical (unpaired) electrons. The van der Waals surface area contributed by atoms with E-state index in [0.717, 1.165) is 16.7 Å². The molecule has 7 nitrogen and oxygen atoms in total. The number of amides is 1. The quantitative estimate of drug-likeness (QED) is 0.658. The largest absolute Gasteiger partial charge is 0.456 e. The van der Waals surface area contributed by atoms with Crippen molar-refractivity contribution in [2.45, 2.75) is 32.1 Å². The Kier molecular flexibility index (Phi) is 7.31. The summed E-state index contributed by atoms with van der Waals surface area (Å²) < 4.78 is 31.7. The SMILES string of the molecule is Cc1ccc(S(=O)(=O)NCCC(=O)OCC(=O)Nc2ccccc2C)cc1C. The number of para-hydroxylation sites is 1. The van der Waals surface area contributed by atoms with E-state index in [-0.39, 0.29) is 17.9 Å². The molecule has 0 unspecified atom stereocenters. The molecule has 0 fully saturated rings. The number of hydrogen-bond donors (Lipinski definition) is 2. The van der Waals surface area contributed by atoms with Crippen molar-refractivity contribution in [3.05, 3.63) is 59.2 Å². The normalized spacial score (nSPS) is 11.1. The number of carbonyl (C=O) groups is 2. The van der Waals surface area contributed by atoms with E-state index in [1.54, 1.807) is 24.3 Å². The van der Waals surface area contributed by atoms with Gasteiger partial charge in [-0.25, -0.2) is 13.1 Å². The molecule has 2 N–H and O–H groups in total. The van der Waals surface area contributed by atoms with Crippen LogP contribution in [0.2, 0.25) is 0 Å². The van der Waals surface area contributed by atoms with Crippen molar-refractivity contribution in [1.82, 2.24) is 4.72 Å². The van der Waals surface area contributed by atoms with Gasteiger partial charge in [0, 0.05) is 12.2 Å². The number of esters is 1. The molecule has 0 aromatic heterocycles. The molecule has 0 spiro atoms. The first kappa shape index (κ1) is 21.6. The molecule has 0 aliphatic heterocycles. The number of ether oxygens (including phenoxy) is 1. The van der Waals surface area contributed by atoms with Crippen LogP contribution in [0.4, 0.5) is 5.69 Å². The van der Waals surface area contributed by atoms with E-state index in [1.165, 1.54) is 6.07 Å². The number of carbonyl (C=O) groups excluding carboxylic acids is 2. The minimum absolute atomic E-state index is 0.118. The molecule has 8 heteroatoms. The summed E-state index contributed by atoms with van der Waals surface area (Å²) in [5.41, 5.74) is 3.39. The van der Waals surface area contributed by atoms with Crippen LogP contribution < -0.4 is 10.0 Å². The number of nitrogens with one attached hydrogen (secondary N) is 2. The molecule has 28 heavy (non-hydrogen) atoms. The molecule has 0 heterocycles. The minimum atomic E-state index is -3.71. The molecule has 0 aliphatic carbocycles. The molecule has 0 atom stereocenters. The number of benzene rings is 2. The van der Waals surface area contributed by atoms with E-state index in [0.29, 0.717) is 5.69 Å². The molecule has 0 saturated heterocycles. The van der Waals surface area contributed by atoms with Gasteiger partial charge in [-0.2, -0.15) is 0 Å². The Balaban J connectivity index is 1.77. The minimum Gasteiger partial charge on any atom is -0.456 e. The Morgan fingerprint density at radius 3 is 2.36 bits per heavy atom. The number of sulfonamides is 1. The Labute approximate surface area is 165 Å². The fraction of sp³-hybridized carbons (Fsp3) is 0.300. The predicted octanol–water partition coefficient (Wildman–Crippen LogP) is 2.46. The standard InChI is InChI=1S/C20H24N2O5S/c1-14-8-9-17(12-16(14)3)28(25,26)21-11-10-20(24)27-13-19(23)22-18-7-5-4-6-15(18)2/h4-9,12,21H,10-11,13H2,1-3H3,(H,22,23). The molecule has 0 bridgehead atoms. The predicted molar refractivity (Wildman–Crippen MR) is 106 cm³/mol. The third kappa shape index (κ3) is 6.17. The van der Waals surface area contributed by atoms with Crippen molar-refractivity contribution in [3.8, 4) is 0 Å². The van der Waals surface area contributed by atoms with Gasteiger partial charge in [0.2, 0.25) is 10.0 Å². The van der Waals surface area contributed by atoms with Crippen LogP contribution in [0, 0.1) is 20.8 Å². The average Bonchev–Trinajstić information content (AvgIpc) is 2.64. The summed E-state index contributed by atoms with van der Waals surface area (Å²) in [6, 6.07) is 12.1. The van der Waals surface area contributed by atoms with Crippen molar-refractivity contribution < 1.29 is 22.7 Å². The van der Waals surface area contributed by atoms with Crippen LogP contribution in [0.15, 0.2) is 47.4 Å². The van der Waals surface area contributed by atoms with E-state index in [2.05, 4.69) is 10.0 Å². The molecule has 0 aliphatic rings. The maximum atomic E-state index is 12.3. The van der Waals surface area contributed by atoms with Crippen LogP contribution in [0.1, 0.15) is 23.1 Å². The number of hydrogen-bond acceptors (Lipinski definition) is 5. The van der Waals surface area contributed by atoms with Gasteiger partial charge < -0.3 is 10.1 Å². The highest BCUT2D eigenvalue weighted by Crippen LogP contribution is 2.15. The zero-order valence-corrected chi connectivity index (χ0v) is 16.9. The first-order chi connectivity index (χ1) is 13.2. The van der Waals surface area contributed by atoms with Crippen molar-refractivity contribution in [3.63, 3.8) is 0 Å². The van der Waals surface area contributed by atoms with E-state index < -0.39 is 28.5 Å². The second kappa shape index (κ2) is 9.48. The number of anilines is 1. The third-order valence-electron chi connectivity index (χ3n) is 4.19. The van der Waals surface area contributed by atoms with E-state index in [4.69, 9.17) is 4.74 Å². The molecule has 1 amide bonds. The first-order valence-electron chi connectivity index (χ1n) is 8.77. The lowest BCUT2D eigenvalue weighted by atomic mass is 10.1. The summed E-state index contributed by atoms with van der Waals surface area (Å²) in [4.78, 5) is 23.7. The van der Waals surface area contributed by atoms with Crippen LogP contribution in [0.3, 0.4) is 0 Å². The third-order valence-corrected chi connectivity index (χ3v) is 5.65. The van der Waals surface area contributed by atoms with Crippen molar-refractivity contribution >= 4 is 27.6 Å². The highest BCUT2D eigenvalue weighted by Gasteiger charge is 2.15. The Morgan fingerprint density at radius 1 is 0.964 bits per heavy atom. The van der Waals surface area contributed by atoms with Gasteiger partial charge in [-0.3, -0.25) is 9.59 Å². The van der Waals surface area contributed by atoms with Gasteiger partial charge in [0.15, 0.2) is 6.61 Å². The molecule has 2 aromatic rings. The fourth-order valence-electron chi connectivity index (χ4n) is 2.37. The zero-order chi connectivity index (χ0) is 20.7. The van der Waals surface area contributed by atoms with Gasteiger partial charge in [-0.05, 0) is 55.7 Å². The van der Waals surface area contributed by atoms with E-state index >= 15 is 0 Å². The van der Waals surface area contributed by atoms with Crippen LogP contribution in [-0.4, -0.2) is 33.4 Å². The average molecular weight is 404 g/mol. The molecular weight excluding hydrogens is 380 g/mol. The van der Waals surface area contributed by atoms with Crippen molar-refractivity contribution in [2.24, 2.45) is 0 Å². The summed E-state index contributed by atoms with van der Waals surface area (Å²) in [7, 11) is -3.71. The molecule has 0 saturated carbocycles. The van der Waals surface area contributed by atoms with Crippen LogP contribution in [0.5, 0.6) is 0 Å². The summed E-state index contributed by atoms with van der Waals surface area (Å²) >= 11 is 0. The van der Waals surface area contributed by atoms with Gasteiger partial charge in [0.1, 0.15) is 0 Å². The Hall–Kier alpha value is -2.71. The lowest BCUT2D eigenvalue weighted by Gasteiger charge is -2.10. The summed E-state index contributed by atoms with van der Waals surface area (Å²) in [5.74, 6) is -1.12. The maximum Gasteiger partial charge on any atom is 0.307 e. The van der Waals surface area contributed by atoms with E-state index in [1.807, 2.05) is 32.9 Å². The number of aryl methyl sites for hydroxylation is 3. The summed E-state index contributed by atoms with van der Waals surface area (Å²) in [6.07, 6.45) is -0.179. The first-order valence-corrected chi connectivity index (χ1v) is 10.3. The molecule has 2 rings (SSSR count). The van der Waals surface area contributed by atoms with Crippen LogP contribution in [-0.2, 0) is 24.3 Å². The Bertz CT molecular complexity index is 970. The van der Waals surface area contributed by atoms with Crippen LogP contribution >= 0.6 is 0 Å². The highest BCUT2D eigenvalue weighted by atomic mass is 32.2. The smallest absolute Gasteiger partial charge is 0.307 e. The molecular formula is C20H24N2O5S. The monoisotopic (exact) mass is 404 g/mol. The zero-order valence-electron chi connectivity index (χ0n) is 16.1. The summed E-state index contributed by atoms with van der Waals surface area (Å²) in [6.45, 7) is 5.02. The topological polar surface area (TPSA) is 102 Å². The summed E-state index contributed by atoms with van der Waals surface area (Å²) in [5, 5.41) is 2.65. The lowest BCUT2D eigenvalue weighted by molar-refractivity contribution is -0.147. The van der Waals surface area contributed by atoms with E-state index in [9.17, 15) is 18.0 Å². The van der Waals surface area contributed by atoms with Gasteiger partial charge >= 0.3 is 5.97 Å². The second-order valence-corrected chi connectivity index (χ2v) is 8.18. The maximum absolute atomic E-state index is 12.3. The van der Waals surface area contributed by atoms with Crippen molar-refractivity contribution in [2.75, 3.05) is 18.5 Å².